The van der Waals surface area contributed by atoms with Gasteiger partial charge in [-0.3, -0.25) is 0 Å². The van der Waals surface area contributed by atoms with Crippen LogP contribution in [0.4, 0.5) is 35.1 Å². The molecule has 0 saturated carbocycles. The number of halogens is 8. The molecule has 0 amide bonds. The van der Waals surface area contributed by atoms with E-state index in [9.17, 15) is 35.1 Å². The molecular formula is C5H4F8O. The van der Waals surface area contributed by atoms with E-state index in [2.05, 4.69) is 4.74 Å². The topological polar surface area (TPSA) is 9.23 Å². The minimum Gasteiger partial charge on any atom is -0.316 e. The van der Waals surface area contributed by atoms with E-state index in [0.29, 0.717) is 0 Å². The zero-order chi connectivity index (χ0) is 11.6. The van der Waals surface area contributed by atoms with Gasteiger partial charge in [0.25, 0.3) is 0 Å². The Kier molecular flexibility index (Phi) is 4.10. The van der Waals surface area contributed by atoms with Crippen LogP contribution in [0, 0.1) is 0 Å². The molecule has 0 unspecified atom stereocenters. The molecule has 0 aliphatic rings. The first-order valence-corrected chi connectivity index (χ1v) is 3.05. The van der Waals surface area contributed by atoms with Crippen molar-refractivity contribution in [1.82, 2.24) is 0 Å². The Morgan fingerprint density at radius 1 is 0.929 bits per heavy atom. The van der Waals surface area contributed by atoms with Gasteiger partial charge in [0.15, 0.2) is 0 Å². The van der Waals surface area contributed by atoms with Crippen LogP contribution in [-0.2, 0) is 4.74 Å². The molecule has 0 aliphatic carbocycles. The van der Waals surface area contributed by atoms with Gasteiger partial charge in [0.1, 0.15) is 6.61 Å². The molecule has 0 saturated heterocycles. The second-order valence-electron chi connectivity index (χ2n) is 2.20. The minimum atomic E-state index is -5.69. The highest BCUT2D eigenvalue weighted by molar-refractivity contribution is 4.86. The number of hydrogen-bond donors (Lipinski definition) is 0. The Morgan fingerprint density at radius 2 is 1.36 bits per heavy atom. The van der Waals surface area contributed by atoms with E-state index in [1.165, 1.54) is 0 Å². The van der Waals surface area contributed by atoms with Crippen molar-refractivity contribution in [3.05, 3.63) is 0 Å². The summed E-state index contributed by atoms with van der Waals surface area (Å²) >= 11 is 0. The Balaban J connectivity index is 4.44. The number of ether oxygens (including phenoxy) is 1. The van der Waals surface area contributed by atoms with Crippen molar-refractivity contribution >= 4 is 0 Å². The molecule has 0 N–H and O–H groups in total. The lowest BCUT2D eigenvalue weighted by Crippen LogP contribution is -2.49. The van der Waals surface area contributed by atoms with E-state index in [4.69, 9.17) is 0 Å². The molecule has 0 aromatic carbocycles. The van der Waals surface area contributed by atoms with E-state index in [1.54, 1.807) is 0 Å². The lowest BCUT2D eigenvalue weighted by atomic mass is 10.2. The zero-order valence-corrected chi connectivity index (χ0v) is 6.29. The summed E-state index contributed by atoms with van der Waals surface area (Å²) in [5.74, 6) is -11.0. The molecule has 0 aliphatic heterocycles. The van der Waals surface area contributed by atoms with Crippen LogP contribution in [0.3, 0.4) is 0 Å². The third-order valence-corrected chi connectivity index (χ3v) is 1.15. The predicted molar refractivity (Wildman–Crippen MR) is 27.9 cm³/mol. The number of rotatable bonds is 5. The van der Waals surface area contributed by atoms with Gasteiger partial charge in [-0.2, -0.15) is 26.3 Å². The van der Waals surface area contributed by atoms with Gasteiger partial charge in [-0.15, -0.1) is 0 Å². The van der Waals surface area contributed by atoms with Gasteiger partial charge in [-0.05, 0) is 0 Å². The van der Waals surface area contributed by atoms with Crippen molar-refractivity contribution in [2.75, 3.05) is 6.61 Å². The van der Waals surface area contributed by atoms with Crippen LogP contribution in [0.1, 0.15) is 0 Å². The monoisotopic (exact) mass is 232 g/mol. The van der Waals surface area contributed by atoms with Crippen LogP contribution in [-0.4, -0.2) is 31.5 Å². The molecule has 0 bridgehead atoms. The van der Waals surface area contributed by atoms with Crippen molar-refractivity contribution in [3.8, 4) is 0 Å². The highest BCUT2D eigenvalue weighted by Gasteiger charge is 2.63. The maximum absolute atomic E-state index is 12.1. The molecule has 0 radical (unpaired) electrons. The fourth-order valence-corrected chi connectivity index (χ4v) is 0.424. The Morgan fingerprint density at radius 3 is 1.64 bits per heavy atom. The highest BCUT2D eigenvalue weighted by Crippen LogP contribution is 2.39. The first-order chi connectivity index (χ1) is 6.11. The average Bonchev–Trinajstić information content (AvgIpc) is 2.00. The molecule has 86 valence electrons. The third-order valence-electron chi connectivity index (χ3n) is 1.15. The van der Waals surface area contributed by atoms with E-state index >= 15 is 0 Å². The van der Waals surface area contributed by atoms with Crippen molar-refractivity contribution in [2.45, 2.75) is 24.9 Å². The molecule has 0 atom stereocenters. The maximum atomic E-state index is 12.1. The van der Waals surface area contributed by atoms with Crippen molar-refractivity contribution < 1.29 is 39.9 Å². The van der Waals surface area contributed by atoms with Crippen molar-refractivity contribution in [2.24, 2.45) is 0 Å². The van der Waals surface area contributed by atoms with Crippen LogP contribution < -0.4 is 0 Å². The van der Waals surface area contributed by atoms with E-state index in [0.717, 1.165) is 0 Å². The summed E-state index contributed by atoms with van der Waals surface area (Å²) in [6, 6.07) is 0. The molecular weight excluding hydrogens is 228 g/mol. The average molecular weight is 232 g/mol. The quantitative estimate of drug-likeness (QED) is 0.662. The van der Waals surface area contributed by atoms with E-state index in [-0.39, 0.29) is 0 Å². The largest absolute Gasteiger partial charge is 0.371 e. The van der Waals surface area contributed by atoms with Gasteiger partial charge in [0.2, 0.25) is 0 Å². The van der Waals surface area contributed by atoms with Gasteiger partial charge in [-0.25, -0.2) is 8.78 Å². The zero-order valence-electron chi connectivity index (χ0n) is 6.29. The molecule has 0 fully saturated rings. The summed E-state index contributed by atoms with van der Waals surface area (Å²) in [7, 11) is 0. The summed E-state index contributed by atoms with van der Waals surface area (Å²) in [4.78, 5) is 0. The predicted octanol–water partition coefficient (Wildman–Crippen LogP) is 2.76. The summed E-state index contributed by atoms with van der Waals surface area (Å²) < 4.78 is 96.0. The fraction of sp³-hybridized carbons (Fsp3) is 1.00. The molecule has 14 heavy (non-hydrogen) atoms. The standard InChI is InChI=1S/C5H4F8O/c6-2(7)5(12,13)4(10,11)1-14-3(8)9/h2-3H,1H2. The van der Waals surface area contributed by atoms with Gasteiger partial charge in [0, 0.05) is 0 Å². The van der Waals surface area contributed by atoms with Crippen molar-refractivity contribution in [3.63, 3.8) is 0 Å². The van der Waals surface area contributed by atoms with Gasteiger partial charge >= 0.3 is 24.9 Å². The maximum Gasteiger partial charge on any atom is 0.371 e. The summed E-state index contributed by atoms with van der Waals surface area (Å²) in [5, 5.41) is 0. The molecule has 0 aromatic rings. The van der Waals surface area contributed by atoms with E-state index in [1.807, 2.05) is 0 Å². The fourth-order valence-electron chi connectivity index (χ4n) is 0.424. The van der Waals surface area contributed by atoms with Crippen LogP contribution in [0.2, 0.25) is 0 Å². The smallest absolute Gasteiger partial charge is 0.316 e. The third kappa shape index (κ3) is 2.96. The number of alkyl halides is 8. The molecule has 0 aromatic heterocycles. The Hall–Kier alpha value is -0.600. The highest BCUT2D eigenvalue weighted by atomic mass is 19.3. The van der Waals surface area contributed by atoms with Gasteiger partial charge < -0.3 is 4.74 Å². The second kappa shape index (κ2) is 4.28. The van der Waals surface area contributed by atoms with E-state index < -0.39 is 31.5 Å². The minimum absolute atomic E-state index is 2.47. The molecule has 9 heteroatoms. The summed E-state index contributed by atoms with van der Waals surface area (Å²) in [6.45, 7) is -6.20. The lowest BCUT2D eigenvalue weighted by Gasteiger charge is -2.25. The summed E-state index contributed by atoms with van der Waals surface area (Å²) in [6.07, 6.45) is -4.65. The van der Waals surface area contributed by atoms with Crippen LogP contribution in [0.5, 0.6) is 0 Å². The SMILES string of the molecule is FC(F)OCC(F)(F)C(F)(F)C(F)F. The normalized spacial score (nSPS) is 14.1. The van der Waals surface area contributed by atoms with Gasteiger partial charge in [-0.1, -0.05) is 0 Å². The Labute approximate surface area is 72.6 Å². The summed E-state index contributed by atoms with van der Waals surface area (Å²) in [5.41, 5.74) is 0. The van der Waals surface area contributed by atoms with Gasteiger partial charge in [0.05, 0.1) is 0 Å². The first kappa shape index (κ1) is 13.4. The van der Waals surface area contributed by atoms with Crippen LogP contribution >= 0.6 is 0 Å². The second-order valence-corrected chi connectivity index (χ2v) is 2.20. The molecule has 0 spiro atoms. The number of hydrogen-bond acceptors (Lipinski definition) is 1. The Bertz CT molecular complexity index is 179. The lowest BCUT2D eigenvalue weighted by molar-refractivity contribution is -0.295. The molecule has 0 rings (SSSR count). The molecule has 1 nitrogen and oxygen atoms in total. The van der Waals surface area contributed by atoms with Crippen LogP contribution in [0.15, 0.2) is 0 Å². The first-order valence-electron chi connectivity index (χ1n) is 3.05. The van der Waals surface area contributed by atoms with Crippen molar-refractivity contribution in [1.29, 1.82) is 0 Å². The molecule has 0 heterocycles. The van der Waals surface area contributed by atoms with Crippen LogP contribution in [0.25, 0.3) is 0 Å².